The third-order valence-corrected chi connectivity index (χ3v) is 4.24. The fourth-order valence-corrected chi connectivity index (χ4v) is 3.03. The predicted octanol–water partition coefficient (Wildman–Crippen LogP) is 4.04. The second-order valence-electron chi connectivity index (χ2n) is 5.84. The first kappa shape index (κ1) is 13.2. The second kappa shape index (κ2) is 6.12. The average Bonchev–Trinajstić information content (AvgIpc) is 3.13. The number of hydrogen-bond donors (Lipinski definition) is 1. The van der Waals surface area contributed by atoms with Gasteiger partial charge in [0.2, 0.25) is 5.95 Å². The van der Waals surface area contributed by atoms with Crippen molar-refractivity contribution in [1.82, 2.24) is 9.55 Å². The number of nitrogens with zero attached hydrogens (tertiary/aromatic N) is 2. The Kier molecular flexibility index (Phi) is 4.05. The Labute approximate surface area is 121 Å². The Morgan fingerprint density at radius 1 is 1.25 bits per heavy atom. The van der Waals surface area contributed by atoms with Crippen molar-refractivity contribution in [3.8, 4) is 0 Å². The van der Waals surface area contributed by atoms with Crippen LogP contribution in [-0.2, 0) is 6.54 Å². The highest BCUT2D eigenvalue weighted by Crippen LogP contribution is 2.23. The molecule has 3 rings (SSSR count). The molecule has 1 heterocycles. The lowest BCUT2D eigenvalue weighted by molar-refractivity contribution is 0.594. The maximum atomic E-state index is 4.48. The van der Waals surface area contributed by atoms with Crippen molar-refractivity contribution in [1.29, 1.82) is 0 Å². The molecule has 0 amide bonds. The van der Waals surface area contributed by atoms with Crippen molar-refractivity contribution in [2.45, 2.75) is 51.1 Å². The molecule has 1 fully saturated rings. The van der Waals surface area contributed by atoms with Gasteiger partial charge in [-0.15, -0.1) is 0 Å². The van der Waals surface area contributed by atoms with Gasteiger partial charge in [-0.25, -0.2) is 4.98 Å². The predicted molar refractivity (Wildman–Crippen MR) is 83.0 cm³/mol. The molecule has 1 unspecified atom stereocenters. The standard InChI is InChI=1S/C17H23N3/c1-14(15-7-3-2-4-8-15)13-20-12-11-18-17(20)19-16-9-5-6-10-16/h2-4,7-8,11-12,14,16H,5-6,9-10,13H2,1H3,(H,18,19). The maximum absolute atomic E-state index is 4.48. The van der Waals surface area contributed by atoms with Gasteiger partial charge >= 0.3 is 0 Å². The first-order valence-corrected chi connectivity index (χ1v) is 7.65. The molecule has 1 aliphatic carbocycles. The molecule has 3 heteroatoms. The summed E-state index contributed by atoms with van der Waals surface area (Å²) in [5.41, 5.74) is 1.38. The van der Waals surface area contributed by atoms with Gasteiger partial charge < -0.3 is 9.88 Å². The summed E-state index contributed by atoms with van der Waals surface area (Å²) < 4.78 is 2.25. The molecular weight excluding hydrogens is 246 g/mol. The molecule has 0 radical (unpaired) electrons. The van der Waals surface area contributed by atoms with Crippen LogP contribution in [0.15, 0.2) is 42.7 Å². The molecule has 1 N–H and O–H groups in total. The Hall–Kier alpha value is -1.77. The minimum absolute atomic E-state index is 0.495. The highest BCUT2D eigenvalue weighted by molar-refractivity contribution is 5.29. The van der Waals surface area contributed by atoms with Crippen LogP contribution >= 0.6 is 0 Å². The maximum Gasteiger partial charge on any atom is 0.203 e. The van der Waals surface area contributed by atoms with Crippen molar-refractivity contribution in [3.63, 3.8) is 0 Å². The molecule has 1 atom stereocenters. The molecule has 0 spiro atoms. The van der Waals surface area contributed by atoms with E-state index < -0.39 is 0 Å². The normalized spacial score (nSPS) is 17.2. The van der Waals surface area contributed by atoms with Crippen LogP contribution in [0.25, 0.3) is 0 Å². The van der Waals surface area contributed by atoms with Gasteiger partial charge in [-0.1, -0.05) is 50.1 Å². The minimum atomic E-state index is 0.495. The summed E-state index contributed by atoms with van der Waals surface area (Å²) in [6.07, 6.45) is 9.23. The first-order chi connectivity index (χ1) is 9.83. The van der Waals surface area contributed by atoms with Crippen molar-refractivity contribution < 1.29 is 0 Å². The van der Waals surface area contributed by atoms with E-state index >= 15 is 0 Å². The van der Waals surface area contributed by atoms with Gasteiger partial charge in [0, 0.05) is 25.0 Å². The zero-order valence-corrected chi connectivity index (χ0v) is 12.1. The van der Waals surface area contributed by atoms with Gasteiger partial charge in [-0.3, -0.25) is 0 Å². The van der Waals surface area contributed by atoms with E-state index in [0.717, 1.165) is 12.5 Å². The van der Waals surface area contributed by atoms with Crippen molar-refractivity contribution in [3.05, 3.63) is 48.3 Å². The van der Waals surface area contributed by atoms with Gasteiger partial charge in [0.15, 0.2) is 0 Å². The Bertz CT molecular complexity index is 526. The summed E-state index contributed by atoms with van der Waals surface area (Å²) in [6.45, 7) is 3.24. The topological polar surface area (TPSA) is 29.9 Å². The van der Waals surface area contributed by atoms with Crippen molar-refractivity contribution >= 4 is 5.95 Å². The van der Waals surface area contributed by atoms with Gasteiger partial charge in [-0.2, -0.15) is 0 Å². The molecule has 2 aromatic rings. The molecule has 106 valence electrons. The van der Waals surface area contributed by atoms with E-state index in [9.17, 15) is 0 Å². The van der Waals surface area contributed by atoms with Gasteiger partial charge in [0.05, 0.1) is 0 Å². The molecule has 1 aromatic heterocycles. The van der Waals surface area contributed by atoms with Crippen LogP contribution in [0.3, 0.4) is 0 Å². The lowest BCUT2D eigenvalue weighted by atomic mass is 10.0. The summed E-state index contributed by atoms with van der Waals surface area (Å²) in [7, 11) is 0. The number of rotatable bonds is 5. The van der Waals surface area contributed by atoms with E-state index in [1.165, 1.54) is 31.2 Å². The molecule has 1 saturated carbocycles. The van der Waals surface area contributed by atoms with E-state index in [1.54, 1.807) is 0 Å². The van der Waals surface area contributed by atoms with Gasteiger partial charge in [0.1, 0.15) is 0 Å². The summed E-state index contributed by atoms with van der Waals surface area (Å²) in [5.74, 6) is 1.52. The number of hydrogen-bond acceptors (Lipinski definition) is 2. The van der Waals surface area contributed by atoms with E-state index in [-0.39, 0.29) is 0 Å². The second-order valence-corrected chi connectivity index (χ2v) is 5.84. The number of benzene rings is 1. The van der Waals surface area contributed by atoms with Gasteiger partial charge in [-0.05, 0) is 24.3 Å². The molecule has 1 aromatic carbocycles. The SMILES string of the molecule is CC(Cn1ccnc1NC1CCCC1)c1ccccc1. The molecular formula is C17H23N3. The third kappa shape index (κ3) is 3.03. The van der Waals surface area contributed by atoms with Crippen LogP contribution in [0.5, 0.6) is 0 Å². The fourth-order valence-electron chi connectivity index (χ4n) is 3.03. The molecule has 1 aliphatic rings. The summed E-state index contributed by atoms with van der Waals surface area (Å²) in [5, 5.41) is 3.60. The van der Waals surface area contributed by atoms with E-state index in [0.29, 0.717) is 12.0 Å². The number of anilines is 1. The quantitative estimate of drug-likeness (QED) is 0.887. The van der Waals surface area contributed by atoms with Crippen LogP contribution in [0, 0.1) is 0 Å². The molecule has 0 bridgehead atoms. The first-order valence-electron chi connectivity index (χ1n) is 7.65. The van der Waals surface area contributed by atoms with E-state index in [1.807, 2.05) is 6.20 Å². The smallest absolute Gasteiger partial charge is 0.203 e. The van der Waals surface area contributed by atoms with Crippen LogP contribution in [0.2, 0.25) is 0 Å². The Balaban J connectivity index is 1.67. The summed E-state index contributed by atoms with van der Waals surface area (Å²) in [4.78, 5) is 4.48. The lowest BCUT2D eigenvalue weighted by Gasteiger charge is -2.18. The van der Waals surface area contributed by atoms with Gasteiger partial charge in [0.25, 0.3) is 0 Å². The largest absolute Gasteiger partial charge is 0.353 e. The Morgan fingerprint density at radius 3 is 2.75 bits per heavy atom. The summed E-state index contributed by atoms with van der Waals surface area (Å²) >= 11 is 0. The van der Waals surface area contributed by atoms with Crippen LogP contribution in [0.4, 0.5) is 5.95 Å². The minimum Gasteiger partial charge on any atom is -0.353 e. The molecule has 0 aliphatic heterocycles. The van der Waals surface area contributed by atoms with Crippen LogP contribution in [-0.4, -0.2) is 15.6 Å². The monoisotopic (exact) mass is 269 g/mol. The third-order valence-electron chi connectivity index (χ3n) is 4.24. The molecule has 20 heavy (non-hydrogen) atoms. The van der Waals surface area contributed by atoms with E-state index in [2.05, 4.69) is 58.3 Å². The highest BCUT2D eigenvalue weighted by atomic mass is 15.2. The van der Waals surface area contributed by atoms with Crippen LogP contribution < -0.4 is 5.32 Å². The fraction of sp³-hybridized carbons (Fsp3) is 0.471. The zero-order chi connectivity index (χ0) is 13.8. The average molecular weight is 269 g/mol. The number of aromatic nitrogens is 2. The van der Waals surface area contributed by atoms with Crippen molar-refractivity contribution in [2.24, 2.45) is 0 Å². The number of nitrogens with one attached hydrogen (secondary N) is 1. The summed E-state index contributed by atoms with van der Waals surface area (Å²) in [6, 6.07) is 11.3. The van der Waals surface area contributed by atoms with Crippen LogP contribution in [0.1, 0.15) is 44.1 Å². The Morgan fingerprint density at radius 2 is 2.00 bits per heavy atom. The highest BCUT2D eigenvalue weighted by Gasteiger charge is 2.17. The number of imidazole rings is 1. The molecule has 0 saturated heterocycles. The van der Waals surface area contributed by atoms with Crippen molar-refractivity contribution in [2.75, 3.05) is 5.32 Å². The van der Waals surface area contributed by atoms with E-state index in [4.69, 9.17) is 0 Å². The zero-order valence-electron chi connectivity index (χ0n) is 12.1. The lowest BCUT2D eigenvalue weighted by Crippen LogP contribution is -2.19. The molecule has 3 nitrogen and oxygen atoms in total.